The molecule has 1 aromatic rings. The summed E-state index contributed by atoms with van der Waals surface area (Å²) in [5, 5.41) is 0. The van der Waals surface area contributed by atoms with Crippen molar-refractivity contribution in [2.45, 2.75) is 6.92 Å². The average Bonchev–Trinajstić information content (AvgIpc) is 2.28. The van der Waals surface area contributed by atoms with Crippen LogP contribution in [0.4, 0.5) is 0 Å². The van der Waals surface area contributed by atoms with Crippen molar-refractivity contribution in [2.24, 2.45) is 4.76 Å². The molecule has 1 atom stereocenters. The zero-order valence-corrected chi connectivity index (χ0v) is 11.8. The third-order valence-electron chi connectivity index (χ3n) is 1.57. The van der Waals surface area contributed by atoms with Crippen molar-refractivity contribution in [2.75, 3.05) is 20.7 Å². The lowest BCUT2D eigenvalue weighted by atomic mass is 10.5. The predicted octanol–water partition coefficient (Wildman–Crippen LogP) is 2.31. The summed E-state index contributed by atoms with van der Waals surface area (Å²) < 4.78 is 15.2. The molecule has 0 spiro atoms. The van der Waals surface area contributed by atoms with Gasteiger partial charge in [-0.15, -0.1) is 0 Å². The summed E-state index contributed by atoms with van der Waals surface area (Å²) >= 11 is 5.32. The van der Waals surface area contributed by atoms with Crippen LogP contribution in [0.15, 0.2) is 29.3 Å². The maximum absolute atomic E-state index is 5.61. The third-order valence-corrected chi connectivity index (χ3v) is 3.81. The van der Waals surface area contributed by atoms with Gasteiger partial charge in [-0.25, -0.2) is 0 Å². The molecule has 1 rings (SSSR count). The normalized spacial score (nSPS) is 14.5. The van der Waals surface area contributed by atoms with E-state index in [0.29, 0.717) is 12.4 Å². The average molecular weight is 273 g/mol. The molecule has 1 aromatic heterocycles. The molecule has 17 heavy (non-hydrogen) atoms. The van der Waals surface area contributed by atoms with Crippen LogP contribution in [0.25, 0.3) is 0 Å². The number of aromatic nitrogens is 1. The quantitative estimate of drug-likeness (QED) is 0.452. The van der Waals surface area contributed by atoms with Crippen molar-refractivity contribution in [1.29, 1.82) is 0 Å². The van der Waals surface area contributed by atoms with Crippen LogP contribution in [0.1, 0.15) is 6.92 Å². The molecule has 0 aliphatic rings. The van der Waals surface area contributed by atoms with Gasteiger partial charge in [0.15, 0.2) is 0 Å². The lowest BCUT2D eigenvalue weighted by Gasteiger charge is -2.18. The Morgan fingerprint density at radius 2 is 2.35 bits per heavy atom. The molecule has 0 amide bonds. The highest BCUT2D eigenvalue weighted by molar-refractivity contribution is 8.09. The number of rotatable bonds is 6. The van der Waals surface area contributed by atoms with Gasteiger partial charge < -0.3 is 13.9 Å². The van der Waals surface area contributed by atoms with E-state index in [1.54, 1.807) is 35.8 Å². The maximum Gasteiger partial charge on any atom is 0.362 e. The molecule has 7 heteroatoms. The zero-order valence-electron chi connectivity index (χ0n) is 10.1. The molecule has 94 valence electrons. The van der Waals surface area contributed by atoms with E-state index in [1.165, 1.54) is 0 Å². The highest BCUT2D eigenvalue weighted by atomic mass is 32.5. The SMILES string of the molecule is CCOP(=S)(N=CN(C)C)Oc1cccnc1. The van der Waals surface area contributed by atoms with E-state index in [1.807, 2.05) is 21.0 Å². The maximum atomic E-state index is 5.61. The summed E-state index contributed by atoms with van der Waals surface area (Å²) in [6.07, 6.45) is 4.86. The van der Waals surface area contributed by atoms with Crippen LogP contribution in [0.5, 0.6) is 5.75 Å². The van der Waals surface area contributed by atoms with Crippen molar-refractivity contribution in [3.05, 3.63) is 24.5 Å². The Kier molecular flexibility index (Phi) is 5.55. The number of nitrogens with zero attached hydrogens (tertiary/aromatic N) is 3. The highest BCUT2D eigenvalue weighted by Gasteiger charge is 2.18. The van der Waals surface area contributed by atoms with E-state index in [0.717, 1.165) is 0 Å². The number of hydrogen-bond donors (Lipinski definition) is 0. The number of hydrogen-bond acceptors (Lipinski definition) is 4. The Bertz CT molecular complexity index is 411. The molecule has 0 aliphatic heterocycles. The number of pyridine rings is 1. The first-order valence-corrected chi connectivity index (χ1v) is 7.71. The monoisotopic (exact) mass is 273 g/mol. The first-order valence-electron chi connectivity index (χ1n) is 5.12. The van der Waals surface area contributed by atoms with E-state index in [4.69, 9.17) is 20.9 Å². The molecule has 1 unspecified atom stereocenters. The largest absolute Gasteiger partial charge is 0.426 e. The summed E-state index contributed by atoms with van der Waals surface area (Å²) in [5.74, 6) is 0.570. The van der Waals surface area contributed by atoms with Gasteiger partial charge in [0.05, 0.1) is 19.1 Å². The molecular weight excluding hydrogens is 257 g/mol. The van der Waals surface area contributed by atoms with Crippen molar-refractivity contribution < 1.29 is 9.05 Å². The minimum atomic E-state index is -2.67. The van der Waals surface area contributed by atoms with Gasteiger partial charge in [-0.1, -0.05) is 0 Å². The molecule has 0 saturated carbocycles. The van der Waals surface area contributed by atoms with Gasteiger partial charge in [0.1, 0.15) is 5.75 Å². The van der Waals surface area contributed by atoms with E-state index in [9.17, 15) is 0 Å². The molecule has 0 fully saturated rings. The summed E-state index contributed by atoms with van der Waals surface area (Å²) in [6, 6.07) is 3.55. The van der Waals surface area contributed by atoms with Crippen LogP contribution in [0.3, 0.4) is 0 Å². The fourth-order valence-corrected chi connectivity index (χ4v) is 2.85. The van der Waals surface area contributed by atoms with Gasteiger partial charge in [0.25, 0.3) is 0 Å². The Hall–Kier alpha value is -0.970. The zero-order chi connectivity index (χ0) is 12.7. The van der Waals surface area contributed by atoms with Crippen molar-refractivity contribution in [1.82, 2.24) is 9.88 Å². The van der Waals surface area contributed by atoms with Crippen LogP contribution < -0.4 is 4.52 Å². The smallest absolute Gasteiger partial charge is 0.362 e. The third kappa shape index (κ3) is 5.26. The summed E-state index contributed by atoms with van der Waals surface area (Å²) in [7, 11) is 3.72. The summed E-state index contributed by atoms with van der Waals surface area (Å²) in [6.45, 7) is -0.353. The van der Waals surface area contributed by atoms with Crippen molar-refractivity contribution in [3.63, 3.8) is 0 Å². The van der Waals surface area contributed by atoms with E-state index >= 15 is 0 Å². The van der Waals surface area contributed by atoms with Gasteiger partial charge in [0.2, 0.25) is 0 Å². The second kappa shape index (κ2) is 6.69. The van der Waals surface area contributed by atoms with Crippen LogP contribution in [0, 0.1) is 0 Å². The summed E-state index contributed by atoms with van der Waals surface area (Å²) in [4.78, 5) is 5.74. The molecule has 0 saturated heterocycles. The molecule has 0 aliphatic carbocycles. The highest BCUT2D eigenvalue weighted by Crippen LogP contribution is 2.49. The second-order valence-electron chi connectivity index (χ2n) is 3.36. The second-order valence-corrected chi connectivity index (χ2v) is 6.35. The fourth-order valence-electron chi connectivity index (χ4n) is 0.947. The topological polar surface area (TPSA) is 47.0 Å². The lowest BCUT2D eigenvalue weighted by molar-refractivity contribution is 0.331. The molecule has 0 bridgehead atoms. The Labute approximate surface area is 107 Å². The summed E-state index contributed by atoms with van der Waals surface area (Å²) in [5.41, 5.74) is 0. The van der Waals surface area contributed by atoms with Gasteiger partial charge in [-0.05, 0) is 19.1 Å². The predicted molar refractivity (Wildman–Crippen MR) is 73.0 cm³/mol. The molecule has 0 radical (unpaired) electrons. The Balaban J connectivity index is 2.82. The van der Waals surface area contributed by atoms with Crippen LogP contribution in [0.2, 0.25) is 0 Å². The van der Waals surface area contributed by atoms with Crippen molar-refractivity contribution in [3.8, 4) is 5.75 Å². The van der Waals surface area contributed by atoms with Gasteiger partial charge in [-0.3, -0.25) is 4.98 Å². The van der Waals surface area contributed by atoms with Crippen LogP contribution >= 0.6 is 6.64 Å². The van der Waals surface area contributed by atoms with Crippen molar-refractivity contribution >= 4 is 24.8 Å². The Morgan fingerprint density at radius 3 is 2.88 bits per heavy atom. The first-order chi connectivity index (χ1) is 8.06. The van der Waals surface area contributed by atoms with E-state index in [2.05, 4.69) is 9.75 Å². The molecular formula is C10H16N3O2PS. The van der Waals surface area contributed by atoms with Crippen LogP contribution in [-0.2, 0) is 16.3 Å². The van der Waals surface area contributed by atoms with E-state index < -0.39 is 6.64 Å². The minimum Gasteiger partial charge on any atom is -0.426 e. The Morgan fingerprint density at radius 1 is 1.59 bits per heavy atom. The van der Waals surface area contributed by atoms with Crippen LogP contribution in [-0.4, -0.2) is 36.9 Å². The first kappa shape index (κ1) is 14.1. The van der Waals surface area contributed by atoms with Gasteiger partial charge in [0, 0.05) is 32.1 Å². The van der Waals surface area contributed by atoms with Gasteiger partial charge in [-0.2, -0.15) is 4.76 Å². The molecule has 1 heterocycles. The molecule has 0 aromatic carbocycles. The minimum absolute atomic E-state index is 0.461. The molecule has 5 nitrogen and oxygen atoms in total. The van der Waals surface area contributed by atoms with Gasteiger partial charge >= 0.3 is 6.64 Å². The lowest BCUT2D eigenvalue weighted by Crippen LogP contribution is -2.08. The molecule has 0 N–H and O–H groups in total. The standard InChI is InChI=1S/C10H16N3O2PS/c1-4-14-16(17,12-9-13(2)3)15-10-6-5-7-11-8-10/h5-9H,4H2,1-3H3. The fraction of sp³-hybridized carbons (Fsp3) is 0.400. The van der Waals surface area contributed by atoms with E-state index in [-0.39, 0.29) is 0 Å².